The van der Waals surface area contributed by atoms with Gasteiger partial charge >= 0.3 is 0 Å². The van der Waals surface area contributed by atoms with E-state index in [1.165, 1.54) is 28.7 Å². The average Bonchev–Trinajstić information content (AvgIpc) is 2.60. The second-order valence-electron chi connectivity index (χ2n) is 6.04. The van der Waals surface area contributed by atoms with Crippen molar-refractivity contribution in [2.45, 2.75) is 27.3 Å². The molecular formula is C19H24N3O3+. The van der Waals surface area contributed by atoms with Crippen LogP contribution >= 0.6 is 0 Å². The predicted octanol–water partition coefficient (Wildman–Crippen LogP) is 2.58. The maximum Gasteiger partial charge on any atom is 0.272 e. The van der Waals surface area contributed by atoms with Crippen molar-refractivity contribution in [3.8, 4) is 0 Å². The van der Waals surface area contributed by atoms with Gasteiger partial charge in [-0.25, -0.2) is 0 Å². The minimum absolute atomic E-state index is 0.0137. The zero-order chi connectivity index (χ0) is 18.4. The molecule has 2 N–H and O–H groups in total. The van der Waals surface area contributed by atoms with E-state index < -0.39 is 4.92 Å². The standard InChI is InChI=1S/C19H23N3O3/c1-4-21(5-2)13-15-6-9-17(10-7-15)20-19(23)16-8-11-18(22(24)25)14(3)12-16/h6-12H,4-5,13H2,1-3H3,(H,20,23)/p+1. The Morgan fingerprint density at radius 3 is 2.28 bits per heavy atom. The van der Waals surface area contributed by atoms with Gasteiger partial charge in [0.15, 0.2) is 0 Å². The highest BCUT2D eigenvalue weighted by atomic mass is 16.6. The van der Waals surface area contributed by atoms with E-state index in [-0.39, 0.29) is 11.6 Å². The number of nitrogens with zero attached hydrogens (tertiary/aromatic N) is 1. The van der Waals surface area contributed by atoms with E-state index in [9.17, 15) is 14.9 Å². The first-order valence-electron chi connectivity index (χ1n) is 8.43. The first-order valence-corrected chi connectivity index (χ1v) is 8.43. The van der Waals surface area contributed by atoms with Crippen LogP contribution in [-0.4, -0.2) is 23.9 Å². The van der Waals surface area contributed by atoms with Crippen molar-refractivity contribution >= 4 is 17.3 Å². The number of nitro benzene ring substituents is 1. The second kappa shape index (κ2) is 8.39. The molecule has 0 aliphatic carbocycles. The molecule has 0 fully saturated rings. The quantitative estimate of drug-likeness (QED) is 0.600. The van der Waals surface area contributed by atoms with E-state index in [2.05, 4.69) is 19.2 Å². The lowest BCUT2D eigenvalue weighted by Crippen LogP contribution is -3.10. The summed E-state index contributed by atoms with van der Waals surface area (Å²) in [5.41, 5.74) is 2.82. The molecule has 132 valence electrons. The zero-order valence-electron chi connectivity index (χ0n) is 14.8. The summed E-state index contributed by atoms with van der Waals surface area (Å²) in [6.45, 7) is 9.07. The third kappa shape index (κ3) is 4.87. The predicted molar refractivity (Wildman–Crippen MR) is 98.0 cm³/mol. The third-order valence-corrected chi connectivity index (χ3v) is 4.32. The Balaban J connectivity index is 2.05. The number of rotatable bonds is 7. The van der Waals surface area contributed by atoms with Crippen LogP contribution in [-0.2, 0) is 6.54 Å². The molecule has 0 unspecified atom stereocenters. The van der Waals surface area contributed by atoms with Crippen LogP contribution in [0.25, 0.3) is 0 Å². The zero-order valence-corrected chi connectivity index (χ0v) is 14.8. The van der Waals surface area contributed by atoms with E-state index in [1.54, 1.807) is 6.92 Å². The van der Waals surface area contributed by atoms with Crippen LogP contribution in [0.15, 0.2) is 42.5 Å². The molecule has 2 aromatic rings. The summed E-state index contributed by atoms with van der Waals surface area (Å²) in [7, 11) is 0. The summed E-state index contributed by atoms with van der Waals surface area (Å²) in [4.78, 5) is 24.2. The topological polar surface area (TPSA) is 76.7 Å². The van der Waals surface area contributed by atoms with Crippen molar-refractivity contribution in [1.82, 2.24) is 0 Å². The summed E-state index contributed by atoms with van der Waals surface area (Å²) >= 11 is 0. The van der Waals surface area contributed by atoms with Crippen molar-refractivity contribution in [2.24, 2.45) is 0 Å². The molecule has 0 atom stereocenters. The molecule has 25 heavy (non-hydrogen) atoms. The molecule has 2 rings (SSSR count). The van der Waals surface area contributed by atoms with E-state index in [4.69, 9.17) is 0 Å². The summed E-state index contributed by atoms with van der Waals surface area (Å²) in [6.07, 6.45) is 0. The normalized spacial score (nSPS) is 10.7. The molecule has 0 saturated carbocycles. The number of carbonyl (C=O) groups excluding carboxylic acids is 1. The van der Waals surface area contributed by atoms with Crippen LogP contribution in [0.5, 0.6) is 0 Å². The molecule has 0 aliphatic heterocycles. The number of nitrogens with one attached hydrogen (secondary N) is 2. The Morgan fingerprint density at radius 1 is 1.12 bits per heavy atom. The lowest BCUT2D eigenvalue weighted by atomic mass is 10.1. The van der Waals surface area contributed by atoms with Crippen LogP contribution in [0.1, 0.15) is 35.3 Å². The number of aryl methyl sites for hydroxylation is 1. The molecule has 0 radical (unpaired) electrons. The Bertz CT molecular complexity index is 753. The number of benzene rings is 2. The lowest BCUT2D eigenvalue weighted by Gasteiger charge is -2.15. The fraction of sp³-hybridized carbons (Fsp3) is 0.316. The average molecular weight is 342 g/mol. The molecule has 0 saturated heterocycles. The van der Waals surface area contributed by atoms with Gasteiger partial charge in [-0.2, -0.15) is 0 Å². The third-order valence-electron chi connectivity index (χ3n) is 4.32. The molecule has 0 spiro atoms. The van der Waals surface area contributed by atoms with E-state index in [0.29, 0.717) is 16.8 Å². The number of quaternary nitrogens is 1. The van der Waals surface area contributed by atoms with Crippen LogP contribution in [0, 0.1) is 17.0 Å². The molecule has 2 aromatic carbocycles. The fourth-order valence-electron chi connectivity index (χ4n) is 2.70. The lowest BCUT2D eigenvalue weighted by molar-refractivity contribution is -0.910. The number of hydrogen-bond acceptors (Lipinski definition) is 3. The Labute approximate surface area is 147 Å². The highest BCUT2D eigenvalue weighted by Gasteiger charge is 2.14. The molecule has 6 heteroatoms. The minimum Gasteiger partial charge on any atom is -0.332 e. The Morgan fingerprint density at radius 2 is 1.76 bits per heavy atom. The molecule has 6 nitrogen and oxygen atoms in total. The van der Waals surface area contributed by atoms with Crippen molar-refractivity contribution in [3.05, 3.63) is 69.3 Å². The molecule has 0 heterocycles. The van der Waals surface area contributed by atoms with Crippen LogP contribution in [0.2, 0.25) is 0 Å². The van der Waals surface area contributed by atoms with Gasteiger partial charge in [-0.15, -0.1) is 0 Å². The smallest absolute Gasteiger partial charge is 0.272 e. The molecule has 0 aromatic heterocycles. The van der Waals surface area contributed by atoms with Gasteiger partial charge in [-0.05, 0) is 45.0 Å². The van der Waals surface area contributed by atoms with E-state index in [1.807, 2.05) is 24.3 Å². The highest BCUT2D eigenvalue weighted by molar-refractivity contribution is 6.04. The van der Waals surface area contributed by atoms with Gasteiger partial charge in [0.05, 0.1) is 18.0 Å². The fourth-order valence-corrected chi connectivity index (χ4v) is 2.70. The number of amides is 1. The van der Waals surface area contributed by atoms with Crippen LogP contribution in [0.3, 0.4) is 0 Å². The number of hydrogen-bond donors (Lipinski definition) is 2. The van der Waals surface area contributed by atoms with Crippen molar-refractivity contribution in [1.29, 1.82) is 0 Å². The SMILES string of the molecule is CC[NH+](CC)Cc1ccc(NC(=O)c2ccc([N+](=O)[O-])c(C)c2)cc1. The van der Waals surface area contributed by atoms with Crippen molar-refractivity contribution in [3.63, 3.8) is 0 Å². The molecule has 1 amide bonds. The Hall–Kier alpha value is -2.73. The van der Waals surface area contributed by atoms with Gasteiger partial charge in [0.25, 0.3) is 11.6 Å². The second-order valence-corrected chi connectivity index (χ2v) is 6.04. The number of nitro groups is 1. The van der Waals surface area contributed by atoms with Crippen LogP contribution < -0.4 is 10.2 Å². The summed E-state index contributed by atoms with van der Waals surface area (Å²) in [5, 5.41) is 13.7. The van der Waals surface area contributed by atoms with Gasteiger partial charge in [-0.3, -0.25) is 14.9 Å². The van der Waals surface area contributed by atoms with Gasteiger partial charge < -0.3 is 10.2 Å². The van der Waals surface area contributed by atoms with Crippen LogP contribution in [0.4, 0.5) is 11.4 Å². The van der Waals surface area contributed by atoms with Crippen molar-refractivity contribution in [2.75, 3.05) is 18.4 Å². The van der Waals surface area contributed by atoms with Gasteiger partial charge in [0, 0.05) is 28.4 Å². The largest absolute Gasteiger partial charge is 0.332 e. The minimum atomic E-state index is -0.451. The highest BCUT2D eigenvalue weighted by Crippen LogP contribution is 2.19. The summed E-state index contributed by atoms with van der Waals surface area (Å²) in [5.74, 6) is -0.278. The number of anilines is 1. The number of carbonyl (C=O) groups is 1. The maximum absolute atomic E-state index is 12.3. The van der Waals surface area contributed by atoms with Crippen molar-refractivity contribution < 1.29 is 14.6 Å². The van der Waals surface area contributed by atoms with E-state index >= 15 is 0 Å². The van der Waals surface area contributed by atoms with Gasteiger partial charge in [0.1, 0.15) is 6.54 Å². The van der Waals surface area contributed by atoms with Gasteiger partial charge in [0.2, 0.25) is 0 Å². The Kier molecular flexibility index (Phi) is 6.25. The molecule has 0 aliphatic rings. The van der Waals surface area contributed by atoms with Gasteiger partial charge in [-0.1, -0.05) is 12.1 Å². The summed E-state index contributed by atoms with van der Waals surface area (Å²) < 4.78 is 0. The first kappa shape index (κ1) is 18.6. The van der Waals surface area contributed by atoms with E-state index in [0.717, 1.165) is 19.6 Å². The molecule has 0 bridgehead atoms. The molecular weight excluding hydrogens is 318 g/mol. The maximum atomic E-state index is 12.3. The summed E-state index contributed by atoms with van der Waals surface area (Å²) in [6, 6.07) is 12.2. The first-order chi connectivity index (χ1) is 11.9. The monoisotopic (exact) mass is 342 g/mol.